The molecule has 1 fully saturated rings. The maximum absolute atomic E-state index is 12.3. The van der Waals surface area contributed by atoms with Crippen molar-refractivity contribution >= 4 is 17.7 Å². The average Bonchev–Trinajstić information content (AvgIpc) is 2.47. The third-order valence-electron chi connectivity index (χ3n) is 3.59. The molecule has 1 aromatic carbocycles. The summed E-state index contributed by atoms with van der Waals surface area (Å²) in [6.07, 6.45) is -0.899. The molecule has 1 unspecified atom stereocenters. The molecule has 0 saturated carbocycles. The van der Waals surface area contributed by atoms with Gasteiger partial charge in [-0.1, -0.05) is 12.1 Å². The summed E-state index contributed by atoms with van der Waals surface area (Å²) in [5, 5.41) is 8.97. The van der Waals surface area contributed by atoms with Crippen molar-refractivity contribution in [2.45, 2.75) is 12.8 Å². The fourth-order valence-corrected chi connectivity index (χ4v) is 2.39. The predicted octanol–water partition coefficient (Wildman–Crippen LogP) is 1.38. The highest BCUT2D eigenvalue weighted by Crippen LogP contribution is 2.18. The minimum Gasteiger partial charge on any atom is -0.497 e. The molecule has 0 radical (unpaired) electrons. The van der Waals surface area contributed by atoms with Crippen LogP contribution in [0.5, 0.6) is 5.75 Å². The van der Waals surface area contributed by atoms with Crippen LogP contribution in [0.25, 0.3) is 0 Å². The third kappa shape index (κ3) is 3.59. The van der Waals surface area contributed by atoms with E-state index in [-0.39, 0.29) is 37.5 Å². The van der Waals surface area contributed by atoms with Gasteiger partial charge in [-0.05, 0) is 17.7 Å². The van der Waals surface area contributed by atoms with Crippen molar-refractivity contribution in [1.29, 1.82) is 0 Å². The van der Waals surface area contributed by atoms with E-state index in [1.807, 2.05) is 0 Å². The second-order valence-electron chi connectivity index (χ2n) is 4.99. The molecule has 1 aromatic rings. The number of carboxylic acid groups (broad SMARTS) is 1. The highest BCUT2D eigenvalue weighted by Gasteiger charge is 2.34. The standard InChI is InChI=1S/C15H17NO5/c1-21-11-4-2-3-10(7-11)8-14(18)12-9-16(15(19)20)6-5-13(12)17/h2-4,7,12H,5-6,8-9H2,1H3,(H,19,20). The molecule has 6 nitrogen and oxygen atoms in total. The van der Waals surface area contributed by atoms with E-state index in [0.29, 0.717) is 5.75 Å². The number of carbonyl (C=O) groups excluding carboxylic acids is 2. The van der Waals surface area contributed by atoms with Crippen molar-refractivity contribution in [3.8, 4) is 5.75 Å². The zero-order valence-corrected chi connectivity index (χ0v) is 11.7. The number of hydrogen-bond donors (Lipinski definition) is 1. The van der Waals surface area contributed by atoms with E-state index < -0.39 is 12.0 Å². The van der Waals surface area contributed by atoms with E-state index in [4.69, 9.17) is 9.84 Å². The van der Waals surface area contributed by atoms with E-state index in [9.17, 15) is 14.4 Å². The maximum Gasteiger partial charge on any atom is 0.407 e. The molecule has 1 amide bonds. The second kappa shape index (κ2) is 6.39. The first-order valence-corrected chi connectivity index (χ1v) is 6.67. The SMILES string of the molecule is COc1cccc(CC(=O)C2CN(C(=O)O)CCC2=O)c1. The lowest BCUT2D eigenvalue weighted by molar-refractivity contribution is -0.135. The molecular weight excluding hydrogens is 274 g/mol. The van der Waals surface area contributed by atoms with Crippen LogP contribution in [0.4, 0.5) is 4.79 Å². The summed E-state index contributed by atoms with van der Waals surface area (Å²) in [6.45, 7) is 0.119. The van der Waals surface area contributed by atoms with Gasteiger partial charge in [-0.25, -0.2) is 4.79 Å². The number of benzene rings is 1. The number of nitrogens with zero attached hydrogens (tertiary/aromatic N) is 1. The lowest BCUT2D eigenvalue weighted by Gasteiger charge is -2.28. The summed E-state index contributed by atoms with van der Waals surface area (Å²) in [4.78, 5) is 36.2. The molecule has 1 N–H and O–H groups in total. The number of amides is 1. The zero-order valence-electron chi connectivity index (χ0n) is 11.7. The lowest BCUT2D eigenvalue weighted by Crippen LogP contribution is -2.46. The number of likely N-dealkylation sites (tertiary alicyclic amines) is 1. The van der Waals surface area contributed by atoms with Gasteiger partial charge >= 0.3 is 6.09 Å². The normalized spacial score (nSPS) is 18.4. The van der Waals surface area contributed by atoms with Crippen molar-refractivity contribution in [1.82, 2.24) is 4.90 Å². The minimum absolute atomic E-state index is 0.0447. The van der Waals surface area contributed by atoms with Crippen LogP contribution < -0.4 is 4.74 Å². The van der Waals surface area contributed by atoms with Crippen LogP contribution >= 0.6 is 0 Å². The highest BCUT2D eigenvalue weighted by atomic mass is 16.5. The Balaban J connectivity index is 2.07. The Kier molecular flexibility index (Phi) is 4.57. The number of ether oxygens (including phenoxy) is 1. The average molecular weight is 291 g/mol. The molecule has 1 aliphatic heterocycles. The van der Waals surface area contributed by atoms with Crippen molar-refractivity contribution < 1.29 is 24.2 Å². The van der Waals surface area contributed by atoms with Gasteiger partial charge in [0.25, 0.3) is 0 Å². The van der Waals surface area contributed by atoms with Crippen LogP contribution in [-0.4, -0.2) is 47.9 Å². The van der Waals surface area contributed by atoms with Gasteiger partial charge in [-0.15, -0.1) is 0 Å². The zero-order chi connectivity index (χ0) is 15.4. The van der Waals surface area contributed by atoms with Gasteiger partial charge in [0.1, 0.15) is 17.3 Å². The number of ketones is 2. The van der Waals surface area contributed by atoms with Crippen LogP contribution in [-0.2, 0) is 16.0 Å². The molecule has 1 atom stereocenters. The van der Waals surface area contributed by atoms with Crippen molar-refractivity contribution in [3.63, 3.8) is 0 Å². The molecule has 0 aliphatic carbocycles. The lowest BCUT2D eigenvalue weighted by atomic mass is 9.89. The molecule has 0 spiro atoms. The number of piperidine rings is 1. The Hall–Kier alpha value is -2.37. The van der Waals surface area contributed by atoms with E-state index in [2.05, 4.69) is 0 Å². The van der Waals surface area contributed by atoms with Gasteiger partial charge < -0.3 is 14.7 Å². The second-order valence-corrected chi connectivity index (χ2v) is 4.99. The molecule has 21 heavy (non-hydrogen) atoms. The van der Waals surface area contributed by atoms with Crippen molar-refractivity contribution in [2.75, 3.05) is 20.2 Å². The largest absolute Gasteiger partial charge is 0.497 e. The van der Waals surface area contributed by atoms with Gasteiger partial charge in [0.05, 0.1) is 13.0 Å². The Bertz CT molecular complexity index is 569. The van der Waals surface area contributed by atoms with Gasteiger partial charge in [-0.3, -0.25) is 9.59 Å². The fraction of sp³-hybridized carbons (Fsp3) is 0.400. The Morgan fingerprint density at radius 1 is 1.43 bits per heavy atom. The molecule has 1 aliphatic rings. The molecule has 0 bridgehead atoms. The van der Waals surface area contributed by atoms with Crippen molar-refractivity contribution in [3.05, 3.63) is 29.8 Å². The predicted molar refractivity (Wildman–Crippen MR) is 74.4 cm³/mol. The van der Waals surface area contributed by atoms with E-state index in [1.165, 1.54) is 7.11 Å². The van der Waals surface area contributed by atoms with Crippen LogP contribution in [0.3, 0.4) is 0 Å². The smallest absolute Gasteiger partial charge is 0.407 e. The van der Waals surface area contributed by atoms with E-state index in [1.54, 1.807) is 24.3 Å². The molecular formula is C15H17NO5. The number of methoxy groups -OCH3 is 1. The van der Waals surface area contributed by atoms with Crippen LogP contribution in [0.1, 0.15) is 12.0 Å². The number of rotatable bonds is 4. The highest BCUT2D eigenvalue weighted by molar-refractivity contribution is 6.04. The topological polar surface area (TPSA) is 83.9 Å². The summed E-state index contributed by atoms with van der Waals surface area (Å²) in [5.41, 5.74) is 0.750. The Morgan fingerprint density at radius 3 is 2.86 bits per heavy atom. The van der Waals surface area contributed by atoms with Gasteiger partial charge in [0, 0.05) is 25.9 Å². The maximum atomic E-state index is 12.3. The third-order valence-corrected chi connectivity index (χ3v) is 3.59. The number of hydrogen-bond acceptors (Lipinski definition) is 4. The first kappa shape index (κ1) is 15.0. The summed E-state index contributed by atoms with van der Waals surface area (Å²) >= 11 is 0. The molecule has 6 heteroatoms. The van der Waals surface area contributed by atoms with E-state index in [0.717, 1.165) is 10.5 Å². The first-order chi connectivity index (χ1) is 10.0. The summed E-state index contributed by atoms with van der Waals surface area (Å²) in [7, 11) is 1.54. The Morgan fingerprint density at radius 2 is 2.19 bits per heavy atom. The molecule has 0 aromatic heterocycles. The molecule has 1 saturated heterocycles. The van der Waals surface area contributed by atoms with Crippen LogP contribution in [0, 0.1) is 5.92 Å². The van der Waals surface area contributed by atoms with Crippen LogP contribution in [0.2, 0.25) is 0 Å². The number of Topliss-reactive ketones (excluding diaryl/α,β-unsaturated/α-hetero) is 2. The quantitative estimate of drug-likeness (QED) is 0.847. The number of carbonyl (C=O) groups is 3. The van der Waals surface area contributed by atoms with Gasteiger partial charge in [0.2, 0.25) is 0 Å². The van der Waals surface area contributed by atoms with E-state index >= 15 is 0 Å². The summed E-state index contributed by atoms with van der Waals surface area (Å²) in [6, 6.07) is 7.06. The van der Waals surface area contributed by atoms with Gasteiger partial charge in [-0.2, -0.15) is 0 Å². The molecule has 112 valence electrons. The molecule has 1 heterocycles. The Labute approximate surface area is 122 Å². The van der Waals surface area contributed by atoms with Crippen molar-refractivity contribution in [2.24, 2.45) is 5.92 Å². The summed E-state index contributed by atoms with van der Waals surface area (Å²) < 4.78 is 5.09. The van der Waals surface area contributed by atoms with Gasteiger partial charge in [0.15, 0.2) is 0 Å². The molecule has 2 rings (SSSR count). The summed E-state index contributed by atoms with van der Waals surface area (Å²) in [5.74, 6) is -0.650. The fourth-order valence-electron chi connectivity index (χ4n) is 2.39. The monoisotopic (exact) mass is 291 g/mol. The first-order valence-electron chi connectivity index (χ1n) is 6.67. The minimum atomic E-state index is -1.10. The van der Waals surface area contributed by atoms with Crippen LogP contribution in [0.15, 0.2) is 24.3 Å².